The summed E-state index contributed by atoms with van der Waals surface area (Å²) in [4.78, 5) is 0. The van der Waals surface area contributed by atoms with Crippen molar-refractivity contribution < 1.29 is 13.2 Å². The van der Waals surface area contributed by atoms with Crippen LogP contribution in [0.5, 0.6) is 0 Å². The van der Waals surface area contributed by atoms with Crippen LogP contribution in [0.2, 0.25) is 0 Å². The van der Waals surface area contributed by atoms with E-state index in [-0.39, 0.29) is 36.2 Å². The molecule has 0 spiro atoms. The van der Waals surface area contributed by atoms with Gasteiger partial charge in [0, 0.05) is 31.8 Å². The Kier molecular flexibility index (Phi) is 5.86. The average Bonchev–Trinajstić information content (AvgIpc) is 2.68. The van der Waals surface area contributed by atoms with Crippen molar-refractivity contribution in [2.45, 2.75) is 32.4 Å². The Morgan fingerprint density at radius 3 is 2.39 bits per heavy atom. The quantitative estimate of drug-likeness (QED) is 0.822. The lowest BCUT2D eigenvalue weighted by atomic mass is 10.2. The fourth-order valence-electron chi connectivity index (χ4n) is 2.62. The molecule has 0 aromatic rings. The molecule has 18 heavy (non-hydrogen) atoms. The molecule has 5 nitrogen and oxygen atoms in total. The Bertz CT molecular complexity index is 347. The van der Waals surface area contributed by atoms with Gasteiger partial charge in [0.05, 0.1) is 12.4 Å². The number of hydrogen-bond donors (Lipinski definition) is 1. The first kappa shape index (κ1) is 16.2. The summed E-state index contributed by atoms with van der Waals surface area (Å²) in [6.45, 7) is 6.51. The van der Waals surface area contributed by atoms with Gasteiger partial charge in [-0.05, 0) is 26.2 Å². The minimum absolute atomic E-state index is 0. The van der Waals surface area contributed by atoms with E-state index in [9.17, 15) is 8.42 Å². The van der Waals surface area contributed by atoms with Gasteiger partial charge in [-0.2, -0.15) is 4.31 Å². The third-order valence-electron chi connectivity index (χ3n) is 3.39. The highest BCUT2D eigenvalue weighted by molar-refractivity contribution is 7.89. The van der Waals surface area contributed by atoms with Gasteiger partial charge in [0.15, 0.2) is 0 Å². The molecule has 2 rings (SSSR count). The first-order valence-electron chi connectivity index (χ1n) is 6.29. The third-order valence-corrected chi connectivity index (χ3v) is 5.37. The van der Waals surface area contributed by atoms with Crippen LogP contribution in [-0.2, 0) is 14.8 Å². The minimum Gasteiger partial charge on any atom is -0.381 e. The summed E-state index contributed by atoms with van der Waals surface area (Å²) < 4.78 is 31.4. The molecule has 3 unspecified atom stereocenters. The molecule has 2 fully saturated rings. The van der Waals surface area contributed by atoms with E-state index in [1.54, 1.807) is 4.31 Å². The van der Waals surface area contributed by atoms with Crippen LogP contribution in [-0.4, -0.2) is 56.9 Å². The van der Waals surface area contributed by atoms with Crippen molar-refractivity contribution in [3.8, 4) is 0 Å². The monoisotopic (exact) mass is 298 g/mol. The molecule has 7 heteroatoms. The van der Waals surface area contributed by atoms with Crippen molar-refractivity contribution in [3.05, 3.63) is 0 Å². The van der Waals surface area contributed by atoms with Crippen molar-refractivity contribution in [1.29, 1.82) is 0 Å². The van der Waals surface area contributed by atoms with Crippen LogP contribution >= 0.6 is 12.4 Å². The van der Waals surface area contributed by atoms with Gasteiger partial charge in [0.2, 0.25) is 10.0 Å². The van der Waals surface area contributed by atoms with E-state index in [0.29, 0.717) is 26.3 Å². The SMILES string of the molecule is CC1CN(S(=O)(=O)CC2CCOC2)CC(C)N1.Cl. The average molecular weight is 299 g/mol. The number of nitrogens with zero attached hydrogens (tertiary/aromatic N) is 1. The summed E-state index contributed by atoms with van der Waals surface area (Å²) >= 11 is 0. The molecule has 2 saturated heterocycles. The van der Waals surface area contributed by atoms with Crippen molar-refractivity contribution in [3.63, 3.8) is 0 Å². The van der Waals surface area contributed by atoms with Crippen LogP contribution < -0.4 is 5.32 Å². The van der Waals surface area contributed by atoms with Gasteiger partial charge in [-0.15, -0.1) is 12.4 Å². The molecule has 0 radical (unpaired) electrons. The van der Waals surface area contributed by atoms with Crippen molar-refractivity contribution in [2.75, 3.05) is 32.1 Å². The van der Waals surface area contributed by atoms with Gasteiger partial charge in [-0.1, -0.05) is 0 Å². The molecule has 0 aromatic heterocycles. The zero-order chi connectivity index (χ0) is 12.5. The van der Waals surface area contributed by atoms with Gasteiger partial charge < -0.3 is 10.1 Å². The molecule has 2 aliphatic rings. The molecule has 2 heterocycles. The Balaban J connectivity index is 0.00000162. The molecule has 0 aliphatic carbocycles. The number of hydrogen-bond acceptors (Lipinski definition) is 4. The number of halogens is 1. The Morgan fingerprint density at radius 2 is 1.89 bits per heavy atom. The van der Waals surface area contributed by atoms with Gasteiger partial charge in [0.25, 0.3) is 0 Å². The number of sulfonamides is 1. The first-order valence-corrected chi connectivity index (χ1v) is 7.90. The van der Waals surface area contributed by atoms with Crippen LogP contribution in [0.3, 0.4) is 0 Å². The van der Waals surface area contributed by atoms with E-state index in [1.165, 1.54) is 0 Å². The fourth-order valence-corrected chi connectivity index (χ4v) is 4.59. The van der Waals surface area contributed by atoms with Gasteiger partial charge >= 0.3 is 0 Å². The van der Waals surface area contributed by atoms with Crippen LogP contribution in [0.1, 0.15) is 20.3 Å². The van der Waals surface area contributed by atoms with Crippen LogP contribution in [0.15, 0.2) is 0 Å². The van der Waals surface area contributed by atoms with Crippen molar-refractivity contribution in [2.24, 2.45) is 5.92 Å². The van der Waals surface area contributed by atoms with Crippen molar-refractivity contribution >= 4 is 22.4 Å². The largest absolute Gasteiger partial charge is 0.381 e. The van der Waals surface area contributed by atoms with Gasteiger partial charge in [-0.25, -0.2) is 8.42 Å². The molecule has 0 saturated carbocycles. The zero-order valence-corrected chi connectivity index (χ0v) is 12.6. The molecule has 0 amide bonds. The number of piperazine rings is 1. The highest BCUT2D eigenvalue weighted by atomic mass is 35.5. The van der Waals surface area contributed by atoms with E-state index in [4.69, 9.17) is 4.74 Å². The van der Waals surface area contributed by atoms with E-state index >= 15 is 0 Å². The summed E-state index contributed by atoms with van der Waals surface area (Å²) in [6.07, 6.45) is 0.871. The summed E-state index contributed by atoms with van der Waals surface area (Å²) in [7, 11) is -3.12. The van der Waals surface area contributed by atoms with Gasteiger partial charge in [-0.3, -0.25) is 0 Å². The minimum atomic E-state index is -3.12. The lowest BCUT2D eigenvalue weighted by Crippen LogP contribution is -2.56. The Labute approximate surface area is 116 Å². The fraction of sp³-hybridized carbons (Fsp3) is 1.00. The second-order valence-corrected chi connectivity index (χ2v) is 7.31. The predicted molar refractivity (Wildman–Crippen MR) is 73.6 cm³/mol. The van der Waals surface area contributed by atoms with E-state index < -0.39 is 10.0 Å². The highest BCUT2D eigenvalue weighted by Gasteiger charge is 2.32. The molecule has 0 aromatic carbocycles. The molecule has 2 aliphatic heterocycles. The Morgan fingerprint density at radius 1 is 1.28 bits per heavy atom. The third kappa shape index (κ3) is 4.06. The maximum absolute atomic E-state index is 12.3. The second kappa shape index (κ2) is 6.52. The predicted octanol–water partition coefficient (Wildman–Crippen LogP) is 0.457. The van der Waals surface area contributed by atoms with Crippen LogP contribution in [0.25, 0.3) is 0 Å². The lowest BCUT2D eigenvalue weighted by molar-refractivity contribution is 0.188. The molecule has 0 bridgehead atoms. The van der Waals surface area contributed by atoms with Gasteiger partial charge in [0.1, 0.15) is 0 Å². The maximum Gasteiger partial charge on any atom is 0.214 e. The smallest absolute Gasteiger partial charge is 0.214 e. The highest BCUT2D eigenvalue weighted by Crippen LogP contribution is 2.18. The first-order chi connectivity index (χ1) is 7.97. The molecule has 1 N–H and O–H groups in total. The maximum atomic E-state index is 12.3. The zero-order valence-electron chi connectivity index (χ0n) is 11.0. The molecular formula is C11H23ClN2O3S. The van der Waals surface area contributed by atoms with Crippen molar-refractivity contribution in [1.82, 2.24) is 9.62 Å². The summed E-state index contributed by atoms with van der Waals surface area (Å²) in [5.41, 5.74) is 0. The number of rotatable bonds is 3. The topological polar surface area (TPSA) is 58.6 Å². The van der Waals surface area contributed by atoms with E-state index in [1.807, 2.05) is 13.8 Å². The van der Waals surface area contributed by atoms with Crippen LogP contribution in [0.4, 0.5) is 0 Å². The number of ether oxygens (including phenoxy) is 1. The molecule has 3 atom stereocenters. The standard InChI is InChI=1S/C11H22N2O3S.ClH/c1-9-5-13(6-10(2)12-9)17(14,15)8-11-3-4-16-7-11;/h9-12H,3-8H2,1-2H3;1H. The summed E-state index contributed by atoms with van der Waals surface area (Å²) in [5.74, 6) is 0.424. The number of nitrogens with one attached hydrogen (secondary N) is 1. The van der Waals surface area contributed by atoms with E-state index in [2.05, 4.69) is 5.32 Å². The van der Waals surface area contributed by atoms with E-state index in [0.717, 1.165) is 6.42 Å². The molecule has 108 valence electrons. The lowest BCUT2D eigenvalue weighted by Gasteiger charge is -2.35. The molecular weight excluding hydrogens is 276 g/mol. The normalized spacial score (nSPS) is 34.2. The Hall–Kier alpha value is 0.120. The second-order valence-electron chi connectivity index (χ2n) is 5.29. The summed E-state index contributed by atoms with van der Waals surface area (Å²) in [5, 5.41) is 3.34. The van der Waals surface area contributed by atoms with Crippen LogP contribution in [0, 0.1) is 5.92 Å². The summed E-state index contributed by atoms with van der Waals surface area (Å²) in [6, 6.07) is 0.460.